The molecule has 1 aromatic carbocycles. The molecule has 0 spiro atoms. The molecule has 0 unspecified atom stereocenters. The van der Waals surface area contributed by atoms with Crippen molar-refractivity contribution in [3.05, 3.63) is 30.3 Å². The summed E-state index contributed by atoms with van der Waals surface area (Å²) in [5, 5.41) is 0. The lowest BCUT2D eigenvalue weighted by molar-refractivity contribution is 0.166. The Morgan fingerprint density at radius 1 is 1.07 bits per heavy atom. The first kappa shape index (κ1) is 10.5. The van der Waals surface area contributed by atoms with Crippen LogP contribution in [0.5, 0.6) is 5.75 Å². The second-order valence-electron chi connectivity index (χ2n) is 4.32. The normalized spacial score (nSPS) is 19.2. The van der Waals surface area contributed by atoms with Crippen LogP contribution in [0.4, 0.5) is 0 Å². The van der Waals surface area contributed by atoms with Crippen LogP contribution in [0.2, 0.25) is 0 Å². The number of hydrogen-bond donors (Lipinski definition) is 0. The number of rotatable bonds is 2. The molecule has 0 bridgehead atoms. The minimum Gasteiger partial charge on any atom is -0.490 e. The summed E-state index contributed by atoms with van der Waals surface area (Å²) in [6.45, 7) is 0. The maximum Gasteiger partial charge on any atom is 0.120 e. The van der Waals surface area contributed by atoms with Crippen LogP contribution < -0.4 is 4.74 Å². The van der Waals surface area contributed by atoms with E-state index in [1.165, 1.54) is 44.9 Å². The standard InChI is InChI=1S/C14H19O/c1-2-5-9-13(10-6-3-1)15-14-11-7-4-8-12-14/h4,7,11-13H,1-3,5-6,9-10H2. The molecule has 1 radical (unpaired) electrons. The molecular formula is C14H19O. The van der Waals surface area contributed by atoms with Gasteiger partial charge in [-0.25, -0.2) is 0 Å². The fourth-order valence-corrected chi connectivity index (χ4v) is 2.18. The predicted octanol–water partition coefficient (Wildman–Crippen LogP) is 3.98. The van der Waals surface area contributed by atoms with Crippen molar-refractivity contribution >= 4 is 0 Å². The van der Waals surface area contributed by atoms with Crippen molar-refractivity contribution in [2.45, 2.75) is 51.0 Å². The molecule has 0 saturated heterocycles. The molecule has 0 heterocycles. The third-order valence-electron chi connectivity index (χ3n) is 3.03. The number of benzene rings is 1. The average molecular weight is 203 g/mol. The minimum atomic E-state index is 0.432. The highest BCUT2D eigenvalue weighted by Crippen LogP contribution is 2.21. The van der Waals surface area contributed by atoms with Gasteiger partial charge in [0, 0.05) is 0 Å². The van der Waals surface area contributed by atoms with E-state index < -0.39 is 0 Å². The van der Waals surface area contributed by atoms with E-state index in [0.717, 1.165) is 5.75 Å². The smallest absolute Gasteiger partial charge is 0.120 e. The van der Waals surface area contributed by atoms with Gasteiger partial charge in [0.05, 0.1) is 6.10 Å². The molecule has 1 heteroatoms. The maximum absolute atomic E-state index is 5.96. The monoisotopic (exact) mass is 203 g/mol. The van der Waals surface area contributed by atoms with Crippen LogP contribution in [-0.4, -0.2) is 6.10 Å². The van der Waals surface area contributed by atoms with Crippen molar-refractivity contribution in [3.63, 3.8) is 0 Å². The summed E-state index contributed by atoms with van der Waals surface area (Å²) in [5.74, 6) is 0.975. The topological polar surface area (TPSA) is 9.23 Å². The van der Waals surface area contributed by atoms with Gasteiger partial charge in [-0.2, -0.15) is 0 Å². The molecule has 15 heavy (non-hydrogen) atoms. The van der Waals surface area contributed by atoms with Gasteiger partial charge in [-0.15, -0.1) is 0 Å². The average Bonchev–Trinajstić information content (AvgIpc) is 2.23. The second-order valence-corrected chi connectivity index (χ2v) is 4.32. The molecule has 0 aromatic heterocycles. The van der Waals surface area contributed by atoms with Gasteiger partial charge in [0.15, 0.2) is 0 Å². The van der Waals surface area contributed by atoms with Crippen molar-refractivity contribution < 1.29 is 4.74 Å². The summed E-state index contributed by atoms with van der Waals surface area (Å²) >= 11 is 0. The SMILES string of the molecule is [c]1cccc(OC2CCCCCCC2)c1. The molecule has 1 aromatic rings. The van der Waals surface area contributed by atoms with Crippen LogP contribution in [0.1, 0.15) is 44.9 Å². The fraction of sp³-hybridized carbons (Fsp3) is 0.571. The minimum absolute atomic E-state index is 0.432. The number of ether oxygens (including phenoxy) is 1. The van der Waals surface area contributed by atoms with E-state index in [2.05, 4.69) is 6.07 Å². The van der Waals surface area contributed by atoms with Gasteiger partial charge < -0.3 is 4.74 Å². The Kier molecular flexibility index (Phi) is 4.07. The van der Waals surface area contributed by atoms with Crippen molar-refractivity contribution in [1.29, 1.82) is 0 Å². The summed E-state index contributed by atoms with van der Waals surface area (Å²) in [6.07, 6.45) is 9.67. The Bertz CT molecular complexity index is 260. The summed E-state index contributed by atoms with van der Waals surface area (Å²) in [7, 11) is 0. The molecule has 0 amide bonds. The van der Waals surface area contributed by atoms with Gasteiger partial charge in [-0.1, -0.05) is 31.4 Å². The molecule has 1 fully saturated rings. The van der Waals surface area contributed by atoms with Gasteiger partial charge >= 0.3 is 0 Å². The highest BCUT2D eigenvalue weighted by Gasteiger charge is 2.12. The first-order valence-electron chi connectivity index (χ1n) is 6.08. The lowest BCUT2D eigenvalue weighted by atomic mass is 9.98. The fourth-order valence-electron chi connectivity index (χ4n) is 2.18. The summed E-state index contributed by atoms with van der Waals surface area (Å²) in [5.41, 5.74) is 0. The number of hydrogen-bond acceptors (Lipinski definition) is 1. The van der Waals surface area contributed by atoms with E-state index in [9.17, 15) is 0 Å². The largest absolute Gasteiger partial charge is 0.490 e. The quantitative estimate of drug-likeness (QED) is 0.706. The van der Waals surface area contributed by atoms with Gasteiger partial charge in [0.25, 0.3) is 0 Å². The Hall–Kier alpha value is -0.980. The van der Waals surface area contributed by atoms with E-state index in [0.29, 0.717) is 6.10 Å². The third-order valence-corrected chi connectivity index (χ3v) is 3.03. The van der Waals surface area contributed by atoms with E-state index in [4.69, 9.17) is 4.74 Å². The Labute approximate surface area is 92.5 Å². The van der Waals surface area contributed by atoms with Crippen LogP contribution >= 0.6 is 0 Å². The van der Waals surface area contributed by atoms with Crippen LogP contribution in [0.25, 0.3) is 0 Å². The first-order valence-corrected chi connectivity index (χ1v) is 6.08. The van der Waals surface area contributed by atoms with Crippen LogP contribution in [-0.2, 0) is 0 Å². The molecule has 1 saturated carbocycles. The zero-order valence-electron chi connectivity index (χ0n) is 9.24. The summed E-state index contributed by atoms with van der Waals surface area (Å²) in [6, 6.07) is 10.9. The van der Waals surface area contributed by atoms with E-state index in [1.54, 1.807) is 0 Å². The van der Waals surface area contributed by atoms with E-state index >= 15 is 0 Å². The van der Waals surface area contributed by atoms with Crippen molar-refractivity contribution in [2.24, 2.45) is 0 Å². The Balaban J connectivity index is 1.86. The van der Waals surface area contributed by atoms with Crippen molar-refractivity contribution in [1.82, 2.24) is 0 Å². The summed E-state index contributed by atoms with van der Waals surface area (Å²) in [4.78, 5) is 0. The van der Waals surface area contributed by atoms with Gasteiger partial charge in [0.2, 0.25) is 0 Å². The van der Waals surface area contributed by atoms with Crippen LogP contribution in [0.3, 0.4) is 0 Å². The lowest BCUT2D eigenvalue weighted by Gasteiger charge is -2.21. The molecule has 0 N–H and O–H groups in total. The van der Waals surface area contributed by atoms with Gasteiger partial charge in [0.1, 0.15) is 5.75 Å². The maximum atomic E-state index is 5.96. The van der Waals surface area contributed by atoms with Gasteiger partial charge in [-0.05, 0) is 43.9 Å². The molecular weight excluding hydrogens is 184 g/mol. The third kappa shape index (κ3) is 3.58. The van der Waals surface area contributed by atoms with Crippen LogP contribution in [0, 0.1) is 6.07 Å². The zero-order chi connectivity index (χ0) is 10.3. The van der Waals surface area contributed by atoms with Crippen LogP contribution in [0.15, 0.2) is 24.3 Å². The highest BCUT2D eigenvalue weighted by atomic mass is 16.5. The van der Waals surface area contributed by atoms with E-state index in [-0.39, 0.29) is 0 Å². The first-order chi connectivity index (χ1) is 7.45. The van der Waals surface area contributed by atoms with Crippen molar-refractivity contribution in [2.75, 3.05) is 0 Å². The molecule has 0 atom stereocenters. The van der Waals surface area contributed by atoms with Gasteiger partial charge in [-0.3, -0.25) is 0 Å². The zero-order valence-corrected chi connectivity index (χ0v) is 9.24. The lowest BCUT2D eigenvalue weighted by Crippen LogP contribution is -2.17. The molecule has 81 valence electrons. The molecule has 0 aliphatic heterocycles. The Morgan fingerprint density at radius 2 is 1.80 bits per heavy atom. The predicted molar refractivity (Wildman–Crippen MR) is 62.0 cm³/mol. The Morgan fingerprint density at radius 3 is 2.47 bits per heavy atom. The summed E-state index contributed by atoms with van der Waals surface area (Å²) < 4.78 is 5.96. The second kappa shape index (κ2) is 5.79. The molecule has 1 aliphatic carbocycles. The van der Waals surface area contributed by atoms with Crippen molar-refractivity contribution in [3.8, 4) is 5.75 Å². The molecule has 1 nitrogen and oxygen atoms in total. The van der Waals surface area contributed by atoms with E-state index in [1.807, 2.05) is 24.3 Å². The highest BCUT2D eigenvalue weighted by molar-refractivity contribution is 5.20. The molecule has 2 rings (SSSR count). The molecule has 1 aliphatic rings.